The molecule has 3 aliphatic heterocycles. The van der Waals surface area contributed by atoms with Gasteiger partial charge in [0, 0.05) is 50.5 Å². The predicted octanol–water partition coefficient (Wildman–Crippen LogP) is 5.51. The monoisotopic (exact) mass is 698 g/mol. The van der Waals surface area contributed by atoms with Gasteiger partial charge in [0.05, 0.1) is 39.8 Å². The Hall–Kier alpha value is -5.36. The Kier molecular flexibility index (Phi) is 9.80. The number of amides is 2. The first-order valence-electron chi connectivity index (χ1n) is 18.1. The highest BCUT2D eigenvalue weighted by Gasteiger charge is 2.23. The number of aliphatic hydroxyl groups is 1. The van der Waals surface area contributed by atoms with Crippen molar-refractivity contribution in [3.8, 4) is 22.8 Å². The van der Waals surface area contributed by atoms with Gasteiger partial charge in [-0.2, -0.15) is 0 Å². The van der Waals surface area contributed by atoms with E-state index in [0.29, 0.717) is 50.3 Å². The Morgan fingerprint density at radius 3 is 1.75 bits per heavy atom. The molecule has 1 unspecified atom stereocenters. The topological polar surface area (TPSA) is 133 Å². The third-order valence-electron chi connectivity index (χ3n) is 9.92. The molecule has 52 heavy (non-hydrogen) atoms. The van der Waals surface area contributed by atoms with Crippen LogP contribution in [0, 0.1) is 0 Å². The maximum absolute atomic E-state index is 12.3. The van der Waals surface area contributed by atoms with Crippen LogP contribution in [0.5, 0.6) is 0 Å². The number of aliphatic hydroxyl groups excluding tert-OH is 1. The number of hydrogen-bond donors (Lipinski definition) is 3. The lowest BCUT2D eigenvalue weighted by Gasteiger charge is -2.22. The van der Waals surface area contributed by atoms with Gasteiger partial charge in [-0.1, -0.05) is 60.7 Å². The summed E-state index contributed by atoms with van der Waals surface area (Å²) in [6.07, 6.45) is 4.79. The van der Waals surface area contributed by atoms with E-state index in [4.69, 9.17) is 24.5 Å². The Balaban J connectivity index is 0.000000153. The number of rotatable bonds is 8. The molecule has 4 aromatic carbocycles. The van der Waals surface area contributed by atoms with Crippen LogP contribution in [-0.2, 0) is 35.4 Å². The average Bonchev–Trinajstić information content (AvgIpc) is 3.62. The van der Waals surface area contributed by atoms with Crippen LogP contribution in [0.15, 0.2) is 84.9 Å². The Morgan fingerprint density at radius 1 is 0.712 bits per heavy atom. The van der Waals surface area contributed by atoms with E-state index in [1.807, 2.05) is 60.7 Å². The number of aromatic nitrogens is 4. The van der Waals surface area contributed by atoms with Crippen molar-refractivity contribution in [2.45, 2.75) is 51.5 Å². The van der Waals surface area contributed by atoms with Gasteiger partial charge < -0.3 is 34.3 Å². The van der Waals surface area contributed by atoms with Crippen molar-refractivity contribution in [1.82, 2.24) is 29.7 Å². The summed E-state index contributed by atoms with van der Waals surface area (Å²) < 4.78 is 15.7. The zero-order chi connectivity index (χ0) is 35.4. The molecule has 1 atom stereocenters. The maximum Gasteiger partial charge on any atom is 0.253 e. The molecule has 11 heteroatoms. The van der Waals surface area contributed by atoms with Crippen LogP contribution < -0.4 is 10.6 Å². The first-order chi connectivity index (χ1) is 25.6. The van der Waals surface area contributed by atoms with Gasteiger partial charge in [-0.25, -0.2) is 9.97 Å². The van der Waals surface area contributed by atoms with Crippen LogP contribution >= 0.6 is 0 Å². The smallest absolute Gasteiger partial charge is 0.253 e. The molecule has 5 heterocycles. The first-order valence-corrected chi connectivity index (χ1v) is 18.1. The second-order valence-corrected chi connectivity index (χ2v) is 13.3. The molecule has 0 aliphatic carbocycles. The SMILES string of the molecule is O=C1NCCn2c(-c3ccc(CCO)cc3)nc3cccc1c32.O=C1NCCn2c(-c3ccc(CCOC4CCCCO4)cc3)nc3cccc1c32. The second-order valence-electron chi connectivity index (χ2n) is 13.3. The molecule has 9 rings (SSSR count). The molecule has 0 saturated carbocycles. The number of imidazole rings is 2. The quantitative estimate of drug-likeness (QED) is 0.191. The van der Waals surface area contributed by atoms with Crippen LogP contribution in [0.1, 0.15) is 51.1 Å². The summed E-state index contributed by atoms with van der Waals surface area (Å²) in [7, 11) is 0. The van der Waals surface area contributed by atoms with Gasteiger partial charge in [-0.15, -0.1) is 0 Å². The van der Waals surface area contributed by atoms with Crippen molar-refractivity contribution < 1.29 is 24.2 Å². The molecule has 2 aromatic heterocycles. The molecule has 3 aliphatic rings. The minimum absolute atomic E-state index is 0.0295. The van der Waals surface area contributed by atoms with E-state index in [-0.39, 0.29) is 24.7 Å². The second kappa shape index (κ2) is 15.1. The summed E-state index contributed by atoms with van der Waals surface area (Å²) in [6, 6.07) is 27.9. The number of ether oxygens (including phenoxy) is 2. The van der Waals surface area contributed by atoms with Crippen LogP contribution in [0.3, 0.4) is 0 Å². The van der Waals surface area contributed by atoms with Crippen molar-refractivity contribution >= 4 is 33.9 Å². The molecule has 266 valence electrons. The number of hydrogen-bond acceptors (Lipinski definition) is 7. The summed E-state index contributed by atoms with van der Waals surface area (Å²) in [5.74, 6) is 1.71. The van der Waals surface area contributed by atoms with Crippen molar-refractivity contribution in [2.75, 3.05) is 32.9 Å². The molecule has 6 aromatic rings. The van der Waals surface area contributed by atoms with Crippen LogP contribution in [0.2, 0.25) is 0 Å². The highest BCUT2D eigenvalue weighted by atomic mass is 16.7. The Bertz CT molecular complexity index is 2220. The standard InChI is InChI=1S/C23H25N3O3.C18H17N3O2/c27-23-18-4-3-5-19-21(18)26(13-12-24-23)22(25-19)17-9-7-16(8-10-17)11-15-29-20-6-1-2-14-28-20;22-11-8-12-4-6-13(7-5-12)17-20-15-3-1-2-14-16(15)21(17)10-9-19-18(14)23/h3-5,7-10,20H,1-2,6,11-15H2,(H,24,27);1-7,22H,8-11H2,(H,19,23). The van der Waals surface area contributed by atoms with Gasteiger partial charge in [-0.3, -0.25) is 9.59 Å². The average molecular weight is 699 g/mol. The van der Waals surface area contributed by atoms with Crippen LogP contribution in [0.4, 0.5) is 0 Å². The highest BCUT2D eigenvalue weighted by Crippen LogP contribution is 2.30. The zero-order valence-electron chi connectivity index (χ0n) is 29.0. The lowest BCUT2D eigenvalue weighted by Crippen LogP contribution is -2.24. The molecule has 2 amide bonds. The molecule has 3 N–H and O–H groups in total. The molecule has 11 nitrogen and oxygen atoms in total. The van der Waals surface area contributed by atoms with Crippen molar-refractivity contribution in [3.63, 3.8) is 0 Å². The third kappa shape index (κ3) is 6.82. The molecule has 0 bridgehead atoms. The fourth-order valence-electron chi connectivity index (χ4n) is 7.29. The zero-order valence-corrected chi connectivity index (χ0v) is 29.0. The van der Waals surface area contributed by atoms with Crippen molar-refractivity contribution in [3.05, 3.63) is 107 Å². The lowest BCUT2D eigenvalue weighted by atomic mass is 10.1. The minimum atomic E-state index is -0.0425. The maximum atomic E-state index is 12.3. The van der Waals surface area contributed by atoms with Crippen LogP contribution in [-0.4, -0.2) is 75.2 Å². The summed E-state index contributed by atoms with van der Waals surface area (Å²) in [4.78, 5) is 34.1. The molecule has 1 saturated heterocycles. The Labute approximate surface area is 301 Å². The first kappa shape index (κ1) is 33.8. The van der Waals surface area contributed by atoms with Gasteiger partial charge in [-0.05, 0) is 67.5 Å². The largest absolute Gasteiger partial charge is 0.396 e. The van der Waals surface area contributed by atoms with E-state index in [1.165, 1.54) is 12.0 Å². The van der Waals surface area contributed by atoms with Gasteiger partial charge >= 0.3 is 0 Å². The van der Waals surface area contributed by atoms with Crippen molar-refractivity contribution in [1.29, 1.82) is 0 Å². The predicted molar refractivity (Wildman–Crippen MR) is 199 cm³/mol. The summed E-state index contributed by atoms with van der Waals surface area (Å²) >= 11 is 0. The minimum Gasteiger partial charge on any atom is -0.396 e. The third-order valence-corrected chi connectivity index (χ3v) is 9.92. The number of para-hydroxylation sites is 2. The van der Waals surface area contributed by atoms with Gasteiger partial charge in [0.1, 0.15) is 11.6 Å². The molecular weight excluding hydrogens is 656 g/mol. The molecular formula is C41H42N6O5. The molecule has 0 spiro atoms. The fraction of sp³-hybridized carbons (Fsp3) is 0.317. The van der Waals surface area contributed by atoms with E-state index in [1.54, 1.807) is 0 Å². The van der Waals surface area contributed by atoms with E-state index in [9.17, 15) is 9.59 Å². The normalized spacial score (nSPS) is 16.8. The number of carbonyl (C=O) groups is 2. The summed E-state index contributed by atoms with van der Waals surface area (Å²) in [6.45, 7) is 4.23. The van der Waals surface area contributed by atoms with E-state index in [2.05, 4.69) is 44.0 Å². The summed E-state index contributed by atoms with van der Waals surface area (Å²) in [5.41, 5.74) is 9.29. The summed E-state index contributed by atoms with van der Waals surface area (Å²) in [5, 5.41) is 14.9. The molecule has 0 radical (unpaired) electrons. The Morgan fingerprint density at radius 2 is 1.25 bits per heavy atom. The van der Waals surface area contributed by atoms with Gasteiger partial charge in [0.15, 0.2) is 6.29 Å². The molecule has 1 fully saturated rings. The van der Waals surface area contributed by atoms with Gasteiger partial charge in [0.25, 0.3) is 11.8 Å². The lowest BCUT2D eigenvalue weighted by molar-refractivity contribution is -0.161. The van der Waals surface area contributed by atoms with E-state index < -0.39 is 0 Å². The fourth-order valence-corrected chi connectivity index (χ4v) is 7.29. The number of nitrogens with zero attached hydrogens (tertiary/aromatic N) is 4. The van der Waals surface area contributed by atoms with E-state index >= 15 is 0 Å². The highest BCUT2D eigenvalue weighted by molar-refractivity contribution is 6.07. The number of benzene rings is 4. The van der Waals surface area contributed by atoms with E-state index in [0.717, 1.165) is 76.3 Å². The van der Waals surface area contributed by atoms with Crippen LogP contribution in [0.25, 0.3) is 44.8 Å². The van der Waals surface area contributed by atoms with Gasteiger partial charge in [0.2, 0.25) is 0 Å². The number of nitrogens with one attached hydrogen (secondary N) is 2. The van der Waals surface area contributed by atoms with Crippen molar-refractivity contribution in [2.24, 2.45) is 0 Å². The number of carbonyl (C=O) groups excluding carboxylic acids is 2.